The molecule has 0 bridgehead atoms. The average Bonchev–Trinajstić information content (AvgIpc) is 2.16. The third-order valence-electron chi connectivity index (χ3n) is 1.95. The van der Waals surface area contributed by atoms with Crippen LogP contribution in [0.3, 0.4) is 0 Å². The molecule has 78 valence electrons. The molecule has 1 unspecified atom stereocenters. The summed E-state index contributed by atoms with van der Waals surface area (Å²) in [5, 5.41) is 9.30. The number of para-hydroxylation sites is 1. The van der Waals surface area contributed by atoms with Crippen molar-refractivity contribution >= 4 is 0 Å². The van der Waals surface area contributed by atoms with Crippen molar-refractivity contribution in [3.05, 3.63) is 29.8 Å². The first kappa shape index (κ1) is 11.1. The molecule has 1 rings (SSSR count). The highest BCUT2D eigenvalue weighted by atomic mass is 16.5. The van der Waals surface area contributed by atoms with Gasteiger partial charge in [0.1, 0.15) is 5.75 Å². The number of hydrogen-bond acceptors (Lipinski definition) is 2. The molecule has 0 spiro atoms. The summed E-state index contributed by atoms with van der Waals surface area (Å²) >= 11 is 0. The average molecular weight is 194 g/mol. The van der Waals surface area contributed by atoms with Crippen LogP contribution in [0, 0.1) is 0 Å². The van der Waals surface area contributed by atoms with E-state index >= 15 is 0 Å². The lowest BCUT2D eigenvalue weighted by Crippen LogP contribution is -2.06. The van der Waals surface area contributed by atoms with Crippen molar-refractivity contribution in [1.82, 2.24) is 0 Å². The smallest absolute Gasteiger partial charge is 0.122 e. The predicted molar refractivity (Wildman–Crippen MR) is 57.6 cm³/mol. The molecule has 2 nitrogen and oxygen atoms in total. The van der Waals surface area contributed by atoms with Gasteiger partial charge in [0.25, 0.3) is 0 Å². The summed E-state index contributed by atoms with van der Waals surface area (Å²) in [5.41, 5.74) is 1.08. The summed E-state index contributed by atoms with van der Waals surface area (Å²) in [7, 11) is 0. The van der Waals surface area contributed by atoms with E-state index in [0.717, 1.165) is 24.3 Å². The van der Waals surface area contributed by atoms with E-state index in [-0.39, 0.29) is 6.10 Å². The Labute approximate surface area is 85.5 Å². The molecule has 0 aliphatic carbocycles. The van der Waals surface area contributed by atoms with Gasteiger partial charge in [-0.15, -0.1) is 0 Å². The molecule has 0 aliphatic heterocycles. The molecule has 2 heteroatoms. The van der Waals surface area contributed by atoms with Crippen molar-refractivity contribution in [2.45, 2.75) is 32.8 Å². The van der Waals surface area contributed by atoms with Gasteiger partial charge in [-0.1, -0.05) is 25.1 Å². The highest BCUT2D eigenvalue weighted by molar-refractivity contribution is 5.33. The van der Waals surface area contributed by atoms with Crippen molar-refractivity contribution in [1.29, 1.82) is 0 Å². The second-order valence-electron chi connectivity index (χ2n) is 3.51. The fourth-order valence-electron chi connectivity index (χ4n) is 1.34. The third-order valence-corrected chi connectivity index (χ3v) is 1.95. The Hall–Kier alpha value is -1.02. The number of aliphatic hydroxyl groups is 1. The van der Waals surface area contributed by atoms with Gasteiger partial charge in [0.05, 0.1) is 12.7 Å². The second kappa shape index (κ2) is 5.66. The Morgan fingerprint density at radius 2 is 2.07 bits per heavy atom. The molecule has 0 aromatic heterocycles. The maximum Gasteiger partial charge on any atom is 0.122 e. The fraction of sp³-hybridized carbons (Fsp3) is 0.500. The Balaban J connectivity index is 2.69. The molecule has 1 aromatic carbocycles. The molecule has 0 fully saturated rings. The molecular weight excluding hydrogens is 176 g/mol. The van der Waals surface area contributed by atoms with Crippen molar-refractivity contribution in [2.75, 3.05) is 6.61 Å². The highest BCUT2D eigenvalue weighted by Crippen LogP contribution is 2.19. The maximum absolute atomic E-state index is 9.30. The standard InChI is InChI=1S/C12H18O2/c1-3-8-14-12-7-5-4-6-11(12)9-10(2)13/h4-7,10,13H,3,8-9H2,1-2H3. The minimum Gasteiger partial charge on any atom is -0.493 e. The summed E-state index contributed by atoms with van der Waals surface area (Å²) in [6.45, 7) is 4.60. The van der Waals surface area contributed by atoms with E-state index in [4.69, 9.17) is 4.74 Å². The molecule has 1 N–H and O–H groups in total. The van der Waals surface area contributed by atoms with Gasteiger partial charge >= 0.3 is 0 Å². The van der Waals surface area contributed by atoms with E-state index in [9.17, 15) is 5.11 Å². The third kappa shape index (κ3) is 3.38. The van der Waals surface area contributed by atoms with Crippen molar-refractivity contribution in [3.8, 4) is 5.75 Å². The molecule has 0 amide bonds. The van der Waals surface area contributed by atoms with Gasteiger partial charge in [-0.05, 0) is 25.0 Å². The first-order chi connectivity index (χ1) is 6.74. The Morgan fingerprint density at radius 3 is 2.71 bits per heavy atom. The summed E-state index contributed by atoms with van der Waals surface area (Å²) < 4.78 is 5.58. The van der Waals surface area contributed by atoms with Crippen LogP contribution in [-0.2, 0) is 6.42 Å². The number of ether oxygens (including phenoxy) is 1. The van der Waals surface area contributed by atoms with Gasteiger partial charge in [-0.2, -0.15) is 0 Å². The maximum atomic E-state index is 9.30. The molecule has 14 heavy (non-hydrogen) atoms. The van der Waals surface area contributed by atoms with E-state index < -0.39 is 0 Å². The summed E-state index contributed by atoms with van der Waals surface area (Å²) in [6.07, 6.45) is 1.34. The van der Waals surface area contributed by atoms with E-state index in [1.807, 2.05) is 24.3 Å². The second-order valence-corrected chi connectivity index (χ2v) is 3.51. The number of aliphatic hydroxyl groups excluding tert-OH is 1. The summed E-state index contributed by atoms with van der Waals surface area (Å²) in [6, 6.07) is 7.87. The van der Waals surface area contributed by atoms with Crippen LogP contribution in [0.2, 0.25) is 0 Å². The quantitative estimate of drug-likeness (QED) is 0.780. The van der Waals surface area contributed by atoms with Crippen LogP contribution in [0.4, 0.5) is 0 Å². The largest absolute Gasteiger partial charge is 0.493 e. The molecule has 0 aliphatic rings. The van der Waals surface area contributed by atoms with Crippen LogP contribution in [0.15, 0.2) is 24.3 Å². The van der Waals surface area contributed by atoms with Crippen molar-refractivity contribution in [2.24, 2.45) is 0 Å². The van der Waals surface area contributed by atoms with Crippen molar-refractivity contribution in [3.63, 3.8) is 0 Å². The Bertz CT molecular complexity index is 269. The lowest BCUT2D eigenvalue weighted by Gasteiger charge is -2.11. The highest BCUT2D eigenvalue weighted by Gasteiger charge is 2.05. The SMILES string of the molecule is CCCOc1ccccc1CC(C)O. The van der Waals surface area contributed by atoms with Crippen LogP contribution in [0.5, 0.6) is 5.75 Å². The van der Waals surface area contributed by atoms with Gasteiger partial charge < -0.3 is 9.84 Å². The van der Waals surface area contributed by atoms with E-state index in [1.54, 1.807) is 6.92 Å². The minimum absolute atomic E-state index is 0.318. The van der Waals surface area contributed by atoms with Crippen LogP contribution in [-0.4, -0.2) is 17.8 Å². The molecule has 1 aromatic rings. The zero-order valence-electron chi connectivity index (χ0n) is 8.86. The zero-order valence-corrected chi connectivity index (χ0v) is 8.86. The van der Waals surface area contributed by atoms with Gasteiger partial charge in [0.15, 0.2) is 0 Å². The van der Waals surface area contributed by atoms with E-state index in [1.165, 1.54) is 0 Å². The fourth-order valence-corrected chi connectivity index (χ4v) is 1.34. The first-order valence-electron chi connectivity index (χ1n) is 5.12. The molecule has 0 saturated heterocycles. The first-order valence-corrected chi connectivity index (χ1v) is 5.12. The Kier molecular flexibility index (Phi) is 4.47. The van der Waals surface area contributed by atoms with Crippen LogP contribution < -0.4 is 4.74 Å². The van der Waals surface area contributed by atoms with E-state index in [2.05, 4.69) is 6.92 Å². The lowest BCUT2D eigenvalue weighted by molar-refractivity contribution is 0.193. The molecular formula is C12H18O2. The molecule has 1 atom stereocenters. The number of benzene rings is 1. The van der Waals surface area contributed by atoms with Gasteiger partial charge in [0, 0.05) is 6.42 Å². The van der Waals surface area contributed by atoms with Crippen molar-refractivity contribution < 1.29 is 9.84 Å². The lowest BCUT2D eigenvalue weighted by atomic mass is 10.1. The van der Waals surface area contributed by atoms with Gasteiger partial charge in [0.2, 0.25) is 0 Å². The predicted octanol–water partition coefficient (Wildman–Crippen LogP) is 2.40. The Morgan fingerprint density at radius 1 is 1.36 bits per heavy atom. The zero-order chi connectivity index (χ0) is 10.4. The van der Waals surface area contributed by atoms with Crippen LogP contribution in [0.1, 0.15) is 25.8 Å². The van der Waals surface area contributed by atoms with Gasteiger partial charge in [-0.3, -0.25) is 0 Å². The minimum atomic E-state index is -0.318. The topological polar surface area (TPSA) is 29.5 Å². The monoisotopic (exact) mass is 194 g/mol. The summed E-state index contributed by atoms with van der Waals surface area (Å²) in [4.78, 5) is 0. The van der Waals surface area contributed by atoms with Gasteiger partial charge in [-0.25, -0.2) is 0 Å². The molecule has 0 saturated carbocycles. The molecule has 0 heterocycles. The van der Waals surface area contributed by atoms with Crippen LogP contribution in [0.25, 0.3) is 0 Å². The molecule has 0 radical (unpaired) electrons. The van der Waals surface area contributed by atoms with E-state index in [0.29, 0.717) is 6.42 Å². The van der Waals surface area contributed by atoms with Crippen LogP contribution >= 0.6 is 0 Å². The summed E-state index contributed by atoms with van der Waals surface area (Å²) in [5.74, 6) is 0.898. The number of hydrogen-bond donors (Lipinski definition) is 1. The normalized spacial score (nSPS) is 12.5. The number of rotatable bonds is 5.